The van der Waals surface area contributed by atoms with Crippen molar-refractivity contribution < 1.29 is 4.74 Å². The number of piperidine rings is 1. The maximum absolute atomic E-state index is 5.55. The Morgan fingerprint density at radius 3 is 2.24 bits per heavy atom. The second kappa shape index (κ2) is 11.5. The van der Waals surface area contributed by atoms with Crippen LogP contribution in [-0.2, 0) is 0 Å². The van der Waals surface area contributed by atoms with Gasteiger partial charge in [0.2, 0.25) is 0 Å². The first-order valence-corrected chi connectivity index (χ1v) is 10.2. The topological polar surface area (TPSA) is 25.4 Å². The van der Waals surface area contributed by atoms with E-state index in [9.17, 15) is 0 Å². The SMILES string of the molecule is CCC.COc1cc(C2CCN(CCC(C)C)CC2)cnc1C(C)C. The molecule has 0 saturated carbocycles. The molecule has 1 fully saturated rings. The van der Waals surface area contributed by atoms with Gasteiger partial charge in [-0.15, -0.1) is 0 Å². The highest BCUT2D eigenvalue weighted by molar-refractivity contribution is 5.35. The molecular formula is C22H40N2O. The van der Waals surface area contributed by atoms with Crippen LogP contribution in [0.25, 0.3) is 0 Å². The van der Waals surface area contributed by atoms with Crippen molar-refractivity contribution in [1.82, 2.24) is 9.88 Å². The smallest absolute Gasteiger partial charge is 0.140 e. The van der Waals surface area contributed by atoms with Gasteiger partial charge in [0, 0.05) is 6.20 Å². The molecule has 0 amide bonds. The number of hydrogen-bond acceptors (Lipinski definition) is 3. The van der Waals surface area contributed by atoms with Crippen molar-refractivity contribution >= 4 is 0 Å². The van der Waals surface area contributed by atoms with Crippen LogP contribution in [0.3, 0.4) is 0 Å². The Balaban J connectivity index is 0.000000970. The Hall–Kier alpha value is -1.09. The molecular weight excluding hydrogens is 308 g/mol. The zero-order chi connectivity index (χ0) is 18.8. The Labute approximate surface area is 156 Å². The number of methoxy groups -OCH3 is 1. The average Bonchev–Trinajstić information content (AvgIpc) is 2.60. The lowest BCUT2D eigenvalue weighted by Gasteiger charge is -2.32. The molecule has 1 aliphatic heterocycles. The van der Waals surface area contributed by atoms with E-state index in [-0.39, 0.29) is 0 Å². The Morgan fingerprint density at radius 1 is 1.16 bits per heavy atom. The molecule has 0 aromatic carbocycles. The van der Waals surface area contributed by atoms with Crippen molar-refractivity contribution in [2.75, 3.05) is 26.7 Å². The number of pyridine rings is 1. The van der Waals surface area contributed by atoms with Gasteiger partial charge in [0.25, 0.3) is 0 Å². The summed E-state index contributed by atoms with van der Waals surface area (Å²) in [5.74, 6) is 2.80. The summed E-state index contributed by atoms with van der Waals surface area (Å²) >= 11 is 0. The third kappa shape index (κ3) is 7.35. The Morgan fingerprint density at radius 2 is 1.76 bits per heavy atom. The Bertz CT molecular complexity index is 477. The number of likely N-dealkylation sites (tertiary alicyclic amines) is 1. The maximum Gasteiger partial charge on any atom is 0.140 e. The molecule has 3 nitrogen and oxygen atoms in total. The van der Waals surface area contributed by atoms with E-state index < -0.39 is 0 Å². The zero-order valence-electron chi connectivity index (χ0n) is 17.6. The van der Waals surface area contributed by atoms with E-state index in [1.807, 2.05) is 0 Å². The summed E-state index contributed by atoms with van der Waals surface area (Å²) in [6.07, 6.45) is 7.11. The highest BCUT2D eigenvalue weighted by Crippen LogP contribution is 2.32. The third-order valence-corrected chi connectivity index (χ3v) is 4.75. The number of hydrogen-bond donors (Lipinski definition) is 0. The third-order valence-electron chi connectivity index (χ3n) is 4.75. The maximum atomic E-state index is 5.55. The van der Waals surface area contributed by atoms with Gasteiger partial charge in [-0.1, -0.05) is 48.0 Å². The van der Waals surface area contributed by atoms with E-state index in [1.165, 1.54) is 50.9 Å². The molecule has 0 bridgehead atoms. The molecule has 2 heterocycles. The second-order valence-electron chi connectivity index (χ2n) is 8.02. The van der Waals surface area contributed by atoms with Crippen LogP contribution >= 0.6 is 0 Å². The molecule has 3 heteroatoms. The second-order valence-corrected chi connectivity index (χ2v) is 8.02. The monoisotopic (exact) mass is 348 g/mol. The Kier molecular flexibility index (Phi) is 10.1. The fourth-order valence-electron chi connectivity index (χ4n) is 3.22. The first kappa shape index (κ1) is 22.0. The fraction of sp³-hybridized carbons (Fsp3) is 0.773. The average molecular weight is 349 g/mol. The van der Waals surface area contributed by atoms with Crippen molar-refractivity contribution in [3.8, 4) is 5.75 Å². The molecule has 0 radical (unpaired) electrons. The predicted molar refractivity (Wildman–Crippen MR) is 109 cm³/mol. The summed E-state index contributed by atoms with van der Waals surface area (Å²) in [4.78, 5) is 7.28. The summed E-state index contributed by atoms with van der Waals surface area (Å²) in [5.41, 5.74) is 2.42. The van der Waals surface area contributed by atoms with Crippen molar-refractivity contribution in [3.05, 3.63) is 23.5 Å². The molecule has 2 rings (SSSR count). The van der Waals surface area contributed by atoms with Crippen molar-refractivity contribution in [3.63, 3.8) is 0 Å². The van der Waals surface area contributed by atoms with E-state index >= 15 is 0 Å². The van der Waals surface area contributed by atoms with Gasteiger partial charge in [0.15, 0.2) is 0 Å². The lowest BCUT2D eigenvalue weighted by molar-refractivity contribution is 0.202. The molecule has 1 aromatic rings. The van der Waals surface area contributed by atoms with Gasteiger partial charge >= 0.3 is 0 Å². The first-order chi connectivity index (χ1) is 11.9. The van der Waals surface area contributed by atoms with Crippen LogP contribution in [0, 0.1) is 5.92 Å². The van der Waals surface area contributed by atoms with Gasteiger partial charge in [-0.05, 0) is 68.3 Å². The molecule has 1 saturated heterocycles. The van der Waals surface area contributed by atoms with E-state index in [4.69, 9.17) is 4.74 Å². The van der Waals surface area contributed by atoms with Gasteiger partial charge in [-0.25, -0.2) is 0 Å². The van der Waals surface area contributed by atoms with Crippen molar-refractivity contribution in [2.24, 2.45) is 5.92 Å². The van der Waals surface area contributed by atoms with Crippen LogP contribution in [-0.4, -0.2) is 36.6 Å². The summed E-state index contributed by atoms with van der Waals surface area (Å²) in [6, 6.07) is 2.22. The molecule has 1 aromatic heterocycles. The quantitative estimate of drug-likeness (QED) is 0.644. The number of aromatic nitrogens is 1. The van der Waals surface area contributed by atoms with Crippen LogP contribution in [0.2, 0.25) is 0 Å². The van der Waals surface area contributed by atoms with Gasteiger partial charge in [0.1, 0.15) is 5.75 Å². The van der Waals surface area contributed by atoms with Crippen LogP contribution in [0.15, 0.2) is 12.3 Å². The fourth-order valence-corrected chi connectivity index (χ4v) is 3.22. The number of ether oxygens (including phenoxy) is 1. The van der Waals surface area contributed by atoms with E-state index in [2.05, 4.69) is 63.7 Å². The molecule has 25 heavy (non-hydrogen) atoms. The number of nitrogens with zero attached hydrogens (tertiary/aromatic N) is 2. The minimum absolute atomic E-state index is 0.405. The van der Waals surface area contributed by atoms with E-state index in [1.54, 1.807) is 7.11 Å². The number of rotatable bonds is 6. The summed E-state index contributed by atoms with van der Waals surface area (Å²) in [6.45, 7) is 16.9. The molecule has 0 aliphatic carbocycles. The molecule has 0 unspecified atom stereocenters. The van der Waals surface area contributed by atoms with Crippen molar-refractivity contribution in [2.45, 2.75) is 79.1 Å². The van der Waals surface area contributed by atoms with E-state index in [0.717, 1.165) is 17.4 Å². The van der Waals surface area contributed by atoms with Crippen molar-refractivity contribution in [1.29, 1.82) is 0 Å². The standard InChI is InChI=1S/C19H32N2O.C3H8/c1-14(2)6-9-21-10-7-16(8-11-21)17-12-18(22-5)19(15(3)4)20-13-17;1-3-2/h12-16H,6-11H2,1-5H3;3H2,1-2H3. The largest absolute Gasteiger partial charge is 0.495 e. The van der Waals surface area contributed by atoms with Crippen LogP contribution < -0.4 is 4.74 Å². The van der Waals surface area contributed by atoms with Crippen LogP contribution in [0.1, 0.15) is 90.3 Å². The zero-order valence-corrected chi connectivity index (χ0v) is 17.6. The molecule has 144 valence electrons. The molecule has 1 aliphatic rings. The highest BCUT2D eigenvalue weighted by atomic mass is 16.5. The highest BCUT2D eigenvalue weighted by Gasteiger charge is 2.22. The summed E-state index contributed by atoms with van der Waals surface area (Å²) < 4.78 is 5.55. The lowest BCUT2D eigenvalue weighted by Crippen LogP contribution is -2.34. The van der Waals surface area contributed by atoms with Crippen LogP contribution in [0.5, 0.6) is 5.75 Å². The summed E-state index contributed by atoms with van der Waals surface area (Å²) in [5, 5.41) is 0. The minimum Gasteiger partial charge on any atom is -0.495 e. The molecule has 0 atom stereocenters. The first-order valence-electron chi connectivity index (χ1n) is 10.2. The lowest BCUT2D eigenvalue weighted by atomic mass is 9.89. The normalized spacial score (nSPS) is 16.0. The van der Waals surface area contributed by atoms with E-state index in [0.29, 0.717) is 11.8 Å². The van der Waals surface area contributed by atoms with Crippen LogP contribution in [0.4, 0.5) is 0 Å². The predicted octanol–water partition coefficient (Wildman–Crippen LogP) is 5.86. The van der Waals surface area contributed by atoms with Gasteiger partial charge in [-0.2, -0.15) is 0 Å². The molecule has 0 N–H and O–H groups in total. The minimum atomic E-state index is 0.405. The van der Waals surface area contributed by atoms with Gasteiger partial charge < -0.3 is 9.64 Å². The van der Waals surface area contributed by atoms with Gasteiger partial charge in [0.05, 0.1) is 12.8 Å². The summed E-state index contributed by atoms with van der Waals surface area (Å²) in [7, 11) is 1.75. The molecule has 0 spiro atoms. The van der Waals surface area contributed by atoms with Gasteiger partial charge in [-0.3, -0.25) is 4.98 Å².